The largest absolute Gasteiger partial charge is 0.416 e. The number of hydrogen-bond acceptors (Lipinski definition) is 6. The number of anilines is 1. The Morgan fingerprint density at radius 2 is 1.80 bits per heavy atom. The fraction of sp³-hybridized carbons (Fsp3) is 0.371. The van der Waals surface area contributed by atoms with Crippen molar-refractivity contribution in [2.24, 2.45) is 5.92 Å². The lowest BCUT2D eigenvalue weighted by atomic mass is 9.88. The summed E-state index contributed by atoms with van der Waals surface area (Å²) in [6, 6.07) is 10.6. The summed E-state index contributed by atoms with van der Waals surface area (Å²) in [4.78, 5) is 33.6. The van der Waals surface area contributed by atoms with Crippen LogP contribution in [0.5, 0.6) is 0 Å². The molecule has 3 rings (SSSR count). The number of allylic oxidation sites excluding steroid dienone is 2. The molecule has 0 amide bonds. The maximum absolute atomic E-state index is 13.4. The summed E-state index contributed by atoms with van der Waals surface area (Å²) in [7, 11) is 0. The van der Waals surface area contributed by atoms with Gasteiger partial charge in [0.15, 0.2) is 17.4 Å². The van der Waals surface area contributed by atoms with Crippen LogP contribution in [0, 0.1) is 12.8 Å². The van der Waals surface area contributed by atoms with Crippen molar-refractivity contribution in [3.8, 4) is 0 Å². The van der Waals surface area contributed by atoms with Gasteiger partial charge in [0.25, 0.3) is 0 Å². The van der Waals surface area contributed by atoms with Gasteiger partial charge in [0, 0.05) is 48.4 Å². The zero-order valence-corrected chi connectivity index (χ0v) is 25.9. The van der Waals surface area contributed by atoms with Crippen LogP contribution in [0.4, 0.5) is 18.9 Å². The summed E-state index contributed by atoms with van der Waals surface area (Å²) in [6.07, 6.45) is 0.0241. The molecule has 9 heteroatoms. The molecule has 44 heavy (non-hydrogen) atoms. The third-order valence-electron chi connectivity index (χ3n) is 7.70. The predicted octanol–water partition coefficient (Wildman–Crippen LogP) is 7.96. The lowest BCUT2D eigenvalue weighted by Crippen LogP contribution is -2.31. The van der Waals surface area contributed by atoms with E-state index in [2.05, 4.69) is 42.3 Å². The van der Waals surface area contributed by atoms with Crippen LogP contribution in [-0.4, -0.2) is 27.6 Å². The molecule has 0 saturated heterocycles. The maximum Gasteiger partial charge on any atom is 0.416 e. The number of ketones is 2. The SMILES string of the molecule is C=C(Cc1cc(C(C)=O)cc(C(F)(F)F)c1)c1nccc(CN[C@H](CCC)C[C@@H](C)C(=C)CC(=O)c2ccc(N)c(C)c2)n1. The van der Waals surface area contributed by atoms with Gasteiger partial charge >= 0.3 is 6.18 Å². The Kier molecular flexibility index (Phi) is 11.8. The molecule has 0 saturated carbocycles. The van der Waals surface area contributed by atoms with Gasteiger partial charge in [0.2, 0.25) is 0 Å². The number of halogens is 3. The van der Waals surface area contributed by atoms with E-state index < -0.39 is 17.5 Å². The molecular weight excluding hydrogens is 565 g/mol. The van der Waals surface area contributed by atoms with Crippen LogP contribution in [0.1, 0.15) is 95.4 Å². The first kappa shape index (κ1) is 34.4. The predicted molar refractivity (Wildman–Crippen MR) is 169 cm³/mol. The van der Waals surface area contributed by atoms with Crippen molar-refractivity contribution >= 4 is 22.8 Å². The quantitative estimate of drug-likeness (QED) is 0.103. The van der Waals surface area contributed by atoms with Gasteiger partial charge < -0.3 is 11.1 Å². The van der Waals surface area contributed by atoms with Crippen molar-refractivity contribution in [1.82, 2.24) is 15.3 Å². The number of rotatable bonds is 15. The number of nitrogens with two attached hydrogens (primary N) is 1. The molecule has 2 atom stereocenters. The number of carbonyl (C=O) groups excluding carboxylic acids is 2. The number of aromatic nitrogens is 2. The van der Waals surface area contributed by atoms with Gasteiger partial charge in [0.05, 0.1) is 11.3 Å². The minimum Gasteiger partial charge on any atom is -0.399 e. The van der Waals surface area contributed by atoms with Crippen LogP contribution < -0.4 is 11.1 Å². The molecule has 0 aliphatic rings. The second kappa shape index (κ2) is 15.1. The molecule has 0 bridgehead atoms. The van der Waals surface area contributed by atoms with E-state index in [0.717, 1.165) is 42.5 Å². The van der Waals surface area contributed by atoms with Crippen molar-refractivity contribution in [2.45, 2.75) is 78.6 Å². The monoisotopic (exact) mass is 606 g/mol. The Bertz CT molecular complexity index is 1530. The first-order valence-corrected chi connectivity index (χ1v) is 14.7. The van der Waals surface area contributed by atoms with Gasteiger partial charge in [-0.3, -0.25) is 9.59 Å². The Labute approximate surface area is 257 Å². The number of hydrogen-bond donors (Lipinski definition) is 2. The van der Waals surface area contributed by atoms with E-state index in [4.69, 9.17) is 5.73 Å². The van der Waals surface area contributed by atoms with Crippen LogP contribution in [0.25, 0.3) is 5.57 Å². The first-order valence-electron chi connectivity index (χ1n) is 14.7. The molecule has 3 aromatic rings. The number of nitrogens with zero attached hydrogens (tertiary/aromatic N) is 2. The standard InChI is InChI=1S/C35H41F3N4O2/c1-7-8-30(15-21(2)22(3)16-33(44)27-9-10-32(39)23(4)14-27)41-20-31-11-12-40-34(42-31)24(5)13-26-17-28(25(6)43)19-29(18-26)35(36,37)38/h9-12,14,17-19,21,30,41H,3,5,7-8,13,15-16,20,39H2,1-2,4,6H3/t21-,30-/m1/s1. The molecule has 0 radical (unpaired) electrons. The molecule has 2 aromatic carbocycles. The zero-order valence-electron chi connectivity index (χ0n) is 25.9. The zero-order chi connectivity index (χ0) is 32.6. The summed E-state index contributed by atoms with van der Waals surface area (Å²) in [5.41, 5.74) is 9.49. The van der Waals surface area contributed by atoms with E-state index in [1.165, 1.54) is 13.0 Å². The van der Waals surface area contributed by atoms with Crippen LogP contribution in [0.15, 0.2) is 67.4 Å². The summed E-state index contributed by atoms with van der Waals surface area (Å²) >= 11 is 0. The summed E-state index contributed by atoms with van der Waals surface area (Å²) in [5.74, 6) is -0.00101. The van der Waals surface area contributed by atoms with Crippen LogP contribution in [-0.2, 0) is 19.1 Å². The number of benzene rings is 2. The van der Waals surface area contributed by atoms with E-state index in [0.29, 0.717) is 40.5 Å². The topological polar surface area (TPSA) is 98.0 Å². The number of nitrogen functional groups attached to an aromatic ring is 1. The summed E-state index contributed by atoms with van der Waals surface area (Å²) < 4.78 is 40.2. The number of Topliss-reactive ketones (excluding diaryl/α,β-unsaturated/α-hetero) is 2. The fourth-order valence-electron chi connectivity index (χ4n) is 4.98. The molecule has 0 fully saturated rings. The Hall–Kier alpha value is -4.11. The average Bonchev–Trinajstić information content (AvgIpc) is 2.96. The van der Waals surface area contributed by atoms with Crippen molar-refractivity contribution < 1.29 is 22.8 Å². The van der Waals surface area contributed by atoms with E-state index in [1.54, 1.807) is 24.4 Å². The van der Waals surface area contributed by atoms with E-state index in [9.17, 15) is 22.8 Å². The smallest absolute Gasteiger partial charge is 0.399 e. The number of carbonyl (C=O) groups is 2. The number of aryl methyl sites for hydroxylation is 1. The highest BCUT2D eigenvalue weighted by atomic mass is 19.4. The van der Waals surface area contributed by atoms with E-state index in [1.807, 2.05) is 13.0 Å². The van der Waals surface area contributed by atoms with E-state index >= 15 is 0 Å². The molecule has 0 unspecified atom stereocenters. The highest BCUT2D eigenvalue weighted by molar-refractivity contribution is 5.98. The highest BCUT2D eigenvalue weighted by Gasteiger charge is 2.31. The molecule has 6 nitrogen and oxygen atoms in total. The maximum atomic E-state index is 13.4. The highest BCUT2D eigenvalue weighted by Crippen LogP contribution is 2.32. The van der Waals surface area contributed by atoms with Gasteiger partial charge in [-0.2, -0.15) is 13.2 Å². The summed E-state index contributed by atoms with van der Waals surface area (Å²) in [6.45, 7) is 16.0. The second-order valence-electron chi connectivity index (χ2n) is 11.5. The lowest BCUT2D eigenvalue weighted by molar-refractivity contribution is -0.137. The first-order chi connectivity index (χ1) is 20.7. The molecule has 3 N–H and O–H groups in total. The van der Waals surface area contributed by atoms with Gasteiger partial charge in [0.1, 0.15) is 0 Å². The Balaban J connectivity index is 1.63. The lowest BCUT2D eigenvalue weighted by Gasteiger charge is -2.23. The molecule has 0 aliphatic heterocycles. The second-order valence-corrected chi connectivity index (χ2v) is 11.5. The van der Waals surface area contributed by atoms with Crippen molar-refractivity contribution in [3.05, 3.63) is 107 Å². The van der Waals surface area contributed by atoms with Gasteiger partial charge in [-0.1, -0.05) is 39.0 Å². The minimum absolute atomic E-state index is 0.00918. The van der Waals surface area contributed by atoms with Gasteiger partial charge in [-0.25, -0.2) is 9.97 Å². The Morgan fingerprint density at radius 1 is 1.07 bits per heavy atom. The molecular formula is C35H41F3N4O2. The molecule has 0 aliphatic carbocycles. The summed E-state index contributed by atoms with van der Waals surface area (Å²) in [5, 5.41) is 3.56. The molecule has 234 valence electrons. The van der Waals surface area contributed by atoms with Crippen LogP contribution in [0.2, 0.25) is 0 Å². The number of alkyl halides is 3. The average molecular weight is 607 g/mol. The molecule has 1 aromatic heterocycles. The third kappa shape index (κ3) is 9.71. The normalized spacial score (nSPS) is 12.9. The van der Waals surface area contributed by atoms with E-state index in [-0.39, 0.29) is 36.1 Å². The van der Waals surface area contributed by atoms with Gasteiger partial charge in [-0.05, 0) is 91.8 Å². The molecule has 1 heterocycles. The van der Waals surface area contributed by atoms with Crippen LogP contribution >= 0.6 is 0 Å². The third-order valence-corrected chi connectivity index (χ3v) is 7.70. The van der Waals surface area contributed by atoms with Crippen LogP contribution in [0.3, 0.4) is 0 Å². The Morgan fingerprint density at radius 3 is 2.43 bits per heavy atom. The van der Waals surface area contributed by atoms with Crippen molar-refractivity contribution in [3.63, 3.8) is 0 Å². The van der Waals surface area contributed by atoms with Crippen molar-refractivity contribution in [2.75, 3.05) is 5.73 Å². The fourth-order valence-corrected chi connectivity index (χ4v) is 4.98. The van der Waals surface area contributed by atoms with Crippen molar-refractivity contribution in [1.29, 1.82) is 0 Å². The molecule has 0 spiro atoms. The number of nitrogens with one attached hydrogen (secondary N) is 1. The minimum atomic E-state index is -4.58. The van der Waals surface area contributed by atoms with Gasteiger partial charge in [-0.15, -0.1) is 0 Å².